The number of hydrogen-bond acceptors (Lipinski definition) is 3. The van der Waals surface area contributed by atoms with Crippen LogP contribution in [0.25, 0.3) is 0 Å². The Morgan fingerprint density at radius 2 is 1.59 bits per heavy atom. The van der Waals surface area contributed by atoms with Gasteiger partial charge in [0, 0.05) is 0 Å². The van der Waals surface area contributed by atoms with E-state index in [1.165, 1.54) is 63.4 Å². The number of rotatable bonds is 15. The first kappa shape index (κ1) is 23.4. The Hall–Kier alpha value is -1.61. The Morgan fingerprint density at radius 3 is 2.15 bits per heavy atom. The summed E-state index contributed by atoms with van der Waals surface area (Å²) in [6, 6.07) is 8.81. The highest BCUT2D eigenvalue weighted by Gasteiger charge is 2.10. The second kappa shape index (κ2) is 14.4. The molecule has 3 heteroatoms. The first-order valence-corrected chi connectivity index (χ1v) is 10.7. The Morgan fingerprint density at radius 1 is 1.00 bits per heavy atom. The van der Waals surface area contributed by atoms with Gasteiger partial charge in [-0.05, 0) is 36.9 Å². The van der Waals surface area contributed by atoms with E-state index in [4.69, 9.17) is 4.84 Å². The zero-order valence-corrected chi connectivity index (χ0v) is 18.0. The van der Waals surface area contributed by atoms with Gasteiger partial charge in [0.05, 0.1) is 12.3 Å². The van der Waals surface area contributed by atoms with Crippen LogP contribution in [-0.2, 0) is 11.3 Å². The molecule has 1 rings (SSSR count). The summed E-state index contributed by atoms with van der Waals surface area (Å²) in [5, 5.41) is 7.35. The first-order chi connectivity index (χ1) is 13.1. The summed E-state index contributed by atoms with van der Waals surface area (Å²) in [7, 11) is 1.87. The molecule has 0 bridgehead atoms. The fraction of sp³-hybridized carbons (Fsp3) is 0.625. The summed E-state index contributed by atoms with van der Waals surface area (Å²) in [5.41, 5.74) is 3.50. The van der Waals surface area contributed by atoms with E-state index in [-0.39, 0.29) is 0 Å². The van der Waals surface area contributed by atoms with E-state index in [0.29, 0.717) is 18.2 Å². The molecule has 0 saturated heterocycles. The van der Waals surface area contributed by atoms with Gasteiger partial charge in [0.25, 0.3) is 0 Å². The third-order valence-corrected chi connectivity index (χ3v) is 4.76. The van der Waals surface area contributed by atoms with Crippen molar-refractivity contribution in [1.82, 2.24) is 5.32 Å². The van der Waals surface area contributed by atoms with Crippen LogP contribution in [0.15, 0.2) is 41.8 Å². The molecule has 0 amide bonds. The molecule has 0 aromatic heterocycles. The smallest absolute Gasteiger partial charge is 0.141 e. The lowest BCUT2D eigenvalue weighted by Crippen LogP contribution is -2.13. The van der Waals surface area contributed by atoms with Crippen molar-refractivity contribution in [3.8, 4) is 0 Å². The molecule has 0 saturated carbocycles. The largest absolute Gasteiger partial charge is 0.360 e. The summed E-state index contributed by atoms with van der Waals surface area (Å²) >= 11 is 0. The maximum absolute atomic E-state index is 5.45. The van der Waals surface area contributed by atoms with Crippen LogP contribution in [0.4, 0.5) is 0 Å². The summed E-state index contributed by atoms with van der Waals surface area (Å²) < 4.78 is 0. The maximum Gasteiger partial charge on any atom is 0.141 e. The lowest BCUT2D eigenvalue weighted by molar-refractivity contribution is 0.220. The number of aryl methyl sites for hydroxylation is 1. The van der Waals surface area contributed by atoms with Crippen molar-refractivity contribution >= 4 is 5.71 Å². The van der Waals surface area contributed by atoms with Gasteiger partial charge in [0.2, 0.25) is 0 Å². The number of nitrogens with one attached hydrogen (secondary N) is 1. The van der Waals surface area contributed by atoms with E-state index < -0.39 is 0 Å². The molecular weight excluding hydrogens is 332 g/mol. The molecule has 0 fully saturated rings. The predicted octanol–water partition coefficient (Wildman–Crippen LogP) is 6.48. The zero-order valence-electron chi connectivity index (χ0n) is 18.0. The predicted molar refractivity (Wildman–Crippen MR) is 118 cm³/mol. The molecule has 0 heterocycles. The van der Waals surface area contributed by atoms with E-state index in [1.54, 1.807) is 0 Å². The van der Waals surface area contributed by atoms with Crippen LogP contribution in [0, 0.1) is 5.92 Å². The molecule has 0 aliphatic heterocycles. The molecule has 1 N–H and O–H groups in total. The summed E-state index contributed by atoms with van der Waals surface area (Å²) in [6.45, 7) is 11.0. The molecule has 1 aromatic carbocycles. The van der Waals surface area contributed by atoms with Gasteiger partial charge in [-0.25, -0.2) is 0 Å². The standard InChI is InChI=1S/C24H40N2O/c1-6-7-8-9-10-11-12-13-14-22-15-17-23(18-16-22)24(20(2)3)26-27-21(4)19-25-5/h15-18,20,25H,4,6-14,19H2,1-3,5H3/b26-24+. The number of hydrogen-bond donors (Lipinski definition) is 1. The molecule has 0 radical (unpaired) electrons. The van der Waals surface area contributed by atoms with E-state index >= 15 is 0 Å². The molecular formula is C24H40N2O. The van der Waals surface area contributed by atoms with Crippen molar-refractivity contribution in [3.05, 3.63) is 47.7 Å². The molecule has 0 atom stereocenters. The van der Waals surface area contributed by atoms with Crippen LogP contribution in [0.3, 0.4) is 0 Å². The monoisotopic (exact) mass is 372 g/mol. The number of oxime groups is 1. The van der Waals surface area contributed by atoms with Gasteiger partial charge in [-0.2, -0.15) is 0 Å². The fourth-order valence-corrected chi connectivity index (χ4v) is 3.14. The van der Waals surface area contributed by atoms with Crippen molar-refractivity contribution < 1.29 is 4.84 Å². The molecule has 0 unspecified atom stereocenters. The second-order valence-corrected chi connectivity index (χ2v) is 7.71. The van der Waals surface area contributed by atoms with Crippen molar-refractivity contribution in [1.29, 1.82) is 0 Å². The van der Waals surface area contributed by atoms with Gasteiger partial charge < -0.3 is 10.2 Å². The van der Waals surface area contributed by atoms with Gasteiger partial charge in [-0.15, -0.1) is 0 Å². The fourth-order valence-electron chi connectivity index (χ4n) is 3.14. The Balaban J connectivity index is 2.44. The van der Waals surface area contributed by atoms with E-state index in [2.05, 4.69) is 62.1 Å². The van der Waals surface area contributed by atoms with Crippen LogP contribution in [0.2, 0.25) is 0 Å². The highest BCUT2D eigenvalue weighted by molar-refractivity contribution is 6.01. The Labute approximate surface area is 167 Å². The topological polar surface area (TPSA) is 33.6 Å². The summed E-state index contributed by atoms with van der Waals surface area (Å²) in [6.07, 6.45) is 12.1. The minimum absolute atomic E-state index is 0.297. The summed E-state index contributed by atoms with van der Waals surface area (Å²) in [5.74, 6) is 0.924. The third-order valence-electron chi connectivity index (χ3n) is 4.76. The van der Waals surface area contributed by atoms with Gasteiger partial charge >= 0.3 is 0 Å². The molecule has 3 nitrogen and oxygen atoms in total. The quantitative estimate of drug-likeness (QED) is 0.165. The second-order valence-electron chi connectivity index (χ2n) is 7.71. The van der Waals surface area contributed by atoms with Gasteiger partial charge in [-0.3, -0.25) is 0 Å². The van der Waals surface area contributed by atoms with Crippen LogP contribution < -0.4 is 5.32 Å². The molecule has 152 valence electrons. The van der Waals surface area contributed by atoms with Crippen molar-refractivity contribution in [2.45, 2.75) is 78.6 Å². The average Bonchev–Trinajstić information content (AvgIpc) is 2.65. The molecule has 0 aliphatic carbocycles. The van der Waals surface area contributed by atoms with E-state index in [9.17, 15) is 0 Å². The molecule has 0 aliphatic rings. The Kier molecular flexibility index (Phi) is 12.5. The lowest BCUT2D eigenvalue weighted by atomic mass is 9.97. The highest BCUT2D eigenvalue weighted by atomic mass is 16.6. The molecule has 0 spiro atoms. The minimum atomic E-state index is 0.297. The van der Waals surface area contributed by atoms with Crippen molar-refractivity contribution in [2.24, 2.45) is 11.1 Å². The number of likely N-dealkylation sites (N-methyl/N-ethyl adjacent to an activating group) is 1. The first-order valence-electron chi connectivity index (χ1n) is 10.7. The minimum Gasteiger partial charge on any atom is -0.360 e. The SMILES string of the molecule is C=C(CNC)O/N=C(/c1ccc(CCCCCCCCCC)cc1)C(C)C. The number of nitrogens with zero attached hydrogens (tertiary/aromatic N) is 1. The van der Waals surface area contributed by atoms with E-state index in [1.807, 2.05) is 7.05 Å². The lowest BCUT2D eigenvalue weighted by Gasteiger charge is -2.12. The van der Waals surface area contributed by atoms with Crippen LogP contribution in [0.5, 0.6) is 0 Å². The maximum atomic E-state index is 5.45. The van der Waals surface area contributed by atoms with Gasteiger partial charge in [0.1, 0.15) is 5.76 Å². The molecule has 27 heavy (non-hydrogen) atoms. The Bertz CT molecular complexity index is 546. The highest BCUT2D eigenvalue weighted by Crippen LogP contribution is 2.15. The van der Waals surface area contributed by atoms with Crippen LogP contribution >= 0.6 is 0 Å². The van der Waals surface area contributed by atoms with Crippen molar-refractivity contribution in [2.75, 3.05) is 13.6 Å². The van der Waals surface area contributed by atoms with Crippen LogP contribution in [0.1, 0.15) is 83.3 Å². The molecule has 1 aromatic rings. The van der Waals surface area contributed by atoms with Crippen molar-refractivity contribution in [3.63, 3.8) is 0 Å². The van der Waals surface area contributed by atoms with Crippen LogP contribution in [-0.4, -0.2) is 19.3 Å². The number of unbranched alkanes of at least 4 members (excludes halogenated alkanes) is 7. The van der Waals surface area contributed by atoms with E-state index in [0.717, 1.165) is 11.3 Å². The van der Waals surface area contributed by atoms with Gasteiger partial charge in [0.15, 0.2) is 0 Å². The third kappa shape index (κ3) is 10.3. The zero-order chi connectivity index (χ0) is 19.9. The van der Waals surface area contributed by atoms with Gasteiger partial charge in [-0.1, -0.05) is 102 Å². The average molecular weight is 373 g/mol. The summed E-state index contributed by atoms with van der Waals surface area (Å²) in [4.78, 5) is 5.45. The normalized spacial score (nSPS) is 11.8. The number of benzene rings is 1.